The van der Waals surface area contributed by atoms with E-state index >= 15 is 0 Å². The number of carbonyl (C=O) groups excluding carboxylic acids is 1. The molecule has 0 aliphatic carbocycles. The topological polar surface area (TPSA) is 81.1 Å². The van der Waals surface area contributed by atoms with Gasteiger partial charge >= 0.3 is 0 Å². The summed E-state index contributed by atoms with van der Waals surface area (Å²) in [7, 11) is 3.14. The molecule has 2 aromatic rings. The van der Waals surface area contributed by atoms with Gasteiger partial charge < -0.3 is 5.32 Å². The monoisotopic (exact) mass is 377 g/mol. The van der Waals surface area contributed by atoms with Crippen LogP contribution in [0.4, 0.5) is 5.69 Å². The molecule has 20 heavy (non-hydrogen) atoms. The molecule has 1 aromatic carbocycles. The number of anilines is 1. The van der Waals surface area contributed by atoms with E-state index in [-0.39, 0.29) is 15.3 Å². The number of carbonyl (C=O) groups is 1. The van der Waals surface area contributed by atoms with Crippen LogP contribution < -0.4 is 5.32 Å². The third-order valence-electron chi connectivity index (χ3n) is 2.42. The first-order valence-electron chi connectivity index (χ1n) is 5.31. The summed E-state index contributed by atoms with van der Waals surface area (Å²) in [5.74, 6) is -0.341. The van der Waals surface area contributed by atoms with Gasteiger partial charge in [-0.25, -0.2) is 8.42 Å². The van der Waals surface area contributed by atoms with E-state index in [1.165, 1.54) is 29.1 Å². The Bertz CT molecular complexity index is 773. The number of halogens is 2. The summed E-state index contributed by atoms with van der Waals surface area (Å²) >= 11 is 3.10. The maximum Gasteiger partial charge on any atom is 0.262 e. The first-order chi connectivity index (χ1) is 9.27. The van der Waals surface area contributed by atoms with Gasteiger partial charge in [0.05, 0.1) is 16.7 Å². The van der Waals surface area contributed by atoms with Crippen LogP contribution in [0.15, 0.2) is 40.0 Å². The number of amides is 1. The normalized spacial score (nSPS) is 11.3. The predicted molar refractivity (Wildman–Crippen MR) is 78.3 cm³/mol. The molecule has 0 saturated heterocycles. The highest BCUT2D eigenvalue weighted by molar-refractivity contribution is 9.10. The summed E-state index contributed by atoms with van der Waals surface area (Å²) in [5, 5.41) is 6.52. The van der Waals surface area contributed by atoms with Gasteiger partial charge in [0.25, 0.3) is 15.0 Å². The van der Waals surface area contributed by atoms with Crippen LogP contribution in [0.2, 0.25) is 0 Å². The lowest BCUT2D eigenvalue weighted by molar-refractivity contribution is 0.102. The number of benzene rings is 1. The number of rotatable bonds is 3. The van der Waals surface area contributed by atoms with Gasteiger partial charge in [-0.05, 0) is 34.1 Å². The molecule has 1 amide bonds. The minimum Gasteiger partial charge on any atom is -0.322 e. The molecule has 1 heterocycles. The molecular formula is C11H9BrClN3O3S. The first-order valence-corrected chi connectivity index (χ1v) is 8.42. The Morgan fingerprint density at radius 1 is 1.45 bits per heavy atom. The van der Waals surface area contributed by atoms with Crippen molar-refractivity contribution in [3.63, 3.8) is 0 Å². The quantitative estimate of drug-likeness (QED) is 0.831. The molecule has 1 aromatic heterocycles. The molecule has 0 unspecified atom stereocenters. The Balaban J connectivity index is 2.23. The lowest BCUT2D eigenvalue weighted by Crippen LogP contribution is -2.11. The highest BCUT2D eigenvalue weighted by Crippen LogP contribution is 2.28. The molecule has 0 aliphatic heterocycles. The van der Waals surface area contributed by atoms with E-state index in [1.807, 2.05) is 0 Å². The maximum atomic E-state index is 11.9. The summed E-state index contributed by atoms with van der Waals surface area (Å²) in [6.45, 7) is 0. The van der Waals surface area contributed by atoms with Gasteiger partial charge in [0, 0.05) is 34.1 Å². The van der Waals surface area contributed by atoms with E-state index in [0.717, 1.165) is 0 Å². The van der Waals surface area contributed by atoms with Gasteiger partial charge in [0.15, 0.2) is 0 Å². The Labute approximate surface area is 128 Å². The van der Waals surface area contributed by atoms with E-state index in [2.05, 4.69) is 26.3 Å². The molecule has 0 bridgehead atoms. The lowest BCUT2D eigenvalue weighted by Gasteiger charge is -2.06. The van der Waals surface area contributed by atoms with Crippen LogP contribution in [0.5, 0.6) is 0 Å². The Morgan fingerprint density at radius 2 is 2.15 bits per heavy atom. The molecular weight excluding hydrogens is 370 g/mol. The summed E-state index contributed by atoms with van der Waals surface area (Å²) < 4.78 is 24.3. The third kappa shape index (κ3) is 3.38. The average molecular weight is 379 g/mol. The van der Waals surface area contributed by atoms with Crippen molar-refractivity contribution in [1.82, 2.24) is 9.78 Å². The SMILES string of the molecule is Cn1cc(C(=O)Nc2ccc(S(=O)(=O)Cl)c(Br)c2)cn1. The van der Waals surface area contributed by atoms with Gasteiger partial charge in [-0.1, -0.05) is 0 Å². The molecule has 6 nitrogen and oxygen atoms in total. The van der Waals surface area contributed by atoms with Crippen LogP contribution in [-0.2, 0) is 16.1 Å². The highest BCUT2D eigenvalue weighted by atomic mass is 79.9. The number of aromatic nitrogens is 2. The Morgan fingerprint density at radius 3 is 2.65 bits per heavy atom. The van der Waals surface area contributed by atoms with Crippen LogP contribution in [0, 0.1) is 0 Å². The fourth-order valence-electron chi connectivity index (χ4n) is 1.52. The number of nitrogens with zero attached hydrogens (tertiary/aromatic N) is 2. The number of aryl methyl sites for hydroxylation is 1. The van der Waals surface area contributed by atoms with Crippen LogP contribution in [-0.4, -0.2) is 24.1 Å². The Hall–Kier alpha value is -1.38. The lowest BCUT2D eigenvalue weighted by atomic mass is 10.3. The van der Waals surface area contributed by atoms with Crippen molar-refractivity contribution in [2.45, 2.75) is 4.90 Å². The summed E-state index contributed by atoms with van der Waals surface area (Å²) in [4.78, 5) is 11.8. The fraction of sp³-hybridized carbons (Fsp3) is 0.0909. The first kappa shape index (κ1) is 15.0. The smallest absolute Gasteiger partial charge is 0.262 e. The van der Waals surface area contributed by atoms with Gasteiger partial charge in [-0.3, -0.25) is 9.48 Å². The van der Waals surface area contributed by atoms with Crippen molar-refractivity contribution in [3.8, 4) is 0 Å². The van der Waals surface area contributed by atoms with Crippen LogP contribution in [0.3, 0.4) is 0 Å². The molecule has 2 rings (SSSR count). The van der Waals surface area contributed by atoms with Crippen molar-refractivity contribution < 1.29 is 13.2 Å². The average Bonchev–Trinajstić information content (AvgIpc) is 2.74. The molecule has 9 heteroatoms. The van der Waals surface area contributed by atoms with Crippen molar-refractivity contribution in [3.05, 3.63) is 40.6 Å². The largest absolute Gasteiger partial charge is 0.322 e. The molecule has 0 saturated carbocycles. The van der Waals surface area contributed by atoms with Gasteiger partial charge in [-0.15, -0.1) is 0 Å². The molecule has 0 spiro atoms. The predicted octanol–water partition coefficient (Wildman–Crippen LogP) is 2.36. The Kier molecular flexibility index (Phi) is 4.17. The second kappa shape index (κ2) is 5.55. The molecule has 0 aliphatic rings. The minimum atomic E-state index is -3.83. The molecule has 0 radical (unpaired) electrons. The molecule has 0 atom stereocenters. The third-order valence-corrected chi connectivity index (χ3v) is 4.72. The molecule has 0 fully saturated rings. The van der Waals surface area contributed by atoms with E-state index in [1.54, 1.807) is 13.2 Å². The summed E-state index contributed by atoms with van der Waals surface area (Å²) in [6, 6.07) is 4.23. The fourth-order valence-corrected chi connectivity index (χ4v) is 3.74. The zero-order valence-corrected chi connectivity index (χ0v) is 13.3. The zero-order chi connectivity index (χ0) is 14.9. The van der Waals surface area contributed by atoms with Crippen LogP contribution >= 0.6 is 26.6 Å². The van der Waals surface area contributed by atoms with Gasteiger partial charge in [0.1, 0.15) is 0 Å². The van der Waals surface area contributed by atoms with Crippen molar-refractivity contribution >= 4 is 47.3 Å². The van der Waals surface area contributed by atoms with E-state index < -0.39 is 9.05 Å². The standard InChI is InChI=1S/C11H9BrClN3O3S/c1-16-6-7(5-14-16)11(17)15-8-2-3-10(9(12)4-8)20(13,18)19/h2-6H,1H3,(H,15,17). The second-order valence-corrected chi connectivity index (χ2v) is 7.33. The zero-order valence-electron chi connectivity index (χ0n) is 10.2. The van der Waals surface area contributed by atoms with Crippen LogP contribution in [0.25, 0.3) is 0 Å². The van der Waals surface area contributed by atoms with Crippen molar-refractivity contribution in [2.24, 2.45) is 7.05 Å². The summed E-state index contributed by atoms with van der Waals surface area (Å²) in [6.07, 6.45) is 3.00. The van der Waals surface area contributed by atoms with E-state index in [9.17, 15) is 13.2 Å². The van der Waals surface area contributed by atoms with Crippen LogP contribution in [0.1, 0.15) is 10.4 Å². The highest BCUT2D eigenvalue weighted by Gasteiger charge is 2.15. The molecule has 106 valence electrons. The number of nitrogens with one attached hydrogen (secondary N) is 1. The van der Waals surface area contributed by atoms with Crippen molar-refractivity contribution in [1.29, 1.82) is 0 Å². The maximum absolute atomic E-state index is 11.9. The van der Waals surface area contributed by atoms with Gasteiger partial charge in [-0.2, -0.15) is 5.10 Å². The van der Waals surface area contributed by atoms with E-state index in [4.69, 9.17) is 10.7 Å². The number of hydrogen-bond acceptors (Lipinski definition) is 4. The minimum absolute atomic E-state index is 0.0569. The second-order valence-electron chi connectivity index (χ2n) is 3.94. The summed E-state index contributed by atoms with van der Waals surface area (Å²) in [5.41, 5.74) is 0.840. The van der Waals surface area contributed by atoms with Crippen molar-refractivity contribution in [2.75, 3.05) is 5.32 Å². The van der Waals surface area contributed by atoms with E-state index in [0.29, 0.717) is 11.3 Å². The number of hydrogen-bond donors (Lipinski definition) is 1. The molecule has 1 N–H and O–H groups in total. The van der Waals surface area contributed by atoms with Gasteiger partial charge in [0.2, 0.25) is 0 Å².